The van der Waals surface area contributed by atoms with Gasteiger partial charge in [0.2, 0.25) is 0 Å². The third-order valence-corrected chi connectivity index (χ3v) is 1.78. The highest BCUT2D eigenvalue weighted by molar-refractivity contribution is 5.85. The van der Waals surface area contributed by atoms with E-state index in [1.54, 1.807) is 7.11 Å². The molecule has 1 rings (SSSR count). The van der Waals surface area contributed by atoms with E-state index < -0.39 is 0 Å². The van der Waals surface area contributed by atoms with E-state index in [-0.39, 0.29) is 12.4 Å². The van der Waals surface area contributed by atoms with Gasteiger partial charge >= 0.3 is 0 Å². The lowest BCUT2D eigenvalue weighted by Crippen LogP contribution is -2.37. The molecule has 0 spiro atoms. The summed E-state index contributed by atoms with van der Waals surface area (Å²) in [6, 6.07) is 0.628. The molecule has 0 aromatic carbocycles. The van der Waals surface area contributed by atoms with Gasteiger partial charge in [0.15, 0.2) is 0 Å². The second-order valence-electron chi connectivity index (χ2n) is 2.60. The van der Waals surface area contributed by atoms with Gasteiger partial charge in [-0.15, -0.1) is 12.4 Å². The van der Waals surface area contributed by atoms with Crippen LogP contribution in [0.1, 0.15) is 19.3 Å². The minimum Gasteiger partial charge on any atom is -0.383 e. The van der Waals surface area contributed by atoms with Gasteiger partial charge in [-0.25, -0.2) is 0 Å². The number of halogens is 1. The quantitative estimate of drug-likeness (QED) is 0.664. The molecule has 0 aliphatic carbocycles. The summed E-state index contributed by atoms with van der Waals surface area (Å²) >= 11 is 0. The predicted molar refractivity (Wildman–Crippen MR) is 44.8 cm³/mol. The molecule has 0 amide bonds. The summed E-state index contributed by atoms with van der Waals surface area (Å²) < 4.78 is 5.02. The van der Waals surface area contributed by atoms with Crippen molar-refractivity contribution >= 4 is 12.4 Å². The molecule has 1 aliphatic rings. The molecule has 3 heteroatoms. The number of ether oxygens (including phenoxy) is 1. The van der Waals surface area contributed by atoms with Gasteiger partial charge in [-0.3, -0.25) is 0 Å². The monoisotopic (exact) mass is 165 g/mol. The maximum absolute atomic E-state index is 5.02. The van der Waals surface area contributed by atoms with E-state index in [4.69, 9.17) is 4.74 Å². The summed E-state index contributed by atoms with van der Waals surface area (Å²) in [6.45, 7) is 2.05. The molecule has 1 aliphatic heterocycles. The van der Waals surface area contributed by atoms with E-state index in [2.05, 4.69) is 5.32 Å². The van der Waals surface area contributed by atoms with Crippen LogP contribution in [0.25, 0.3) is 0 Å². The van der Waals surface area contributed by atoms with E-state index in [9.17, 15) is 0 Å². The van der Waals surface area contributed by atoms with Crippen molar-refractivity contribution in [1.29, 1.82) is 0 Å². The minimum absolute atomic E-state index is 0. The molecule has 1 heterocycles. The SMILES string of the molecule is COC[C@@H]1CCCCN1.Cl. The lowest BCUT2D eigenvalue weighted by atomic mass is 10.1. The first-order valence-corrected chi connectivity index (χ1v) is 3.66. The normalized spacial score (nSPS) is 25.5. The smallest absolute Gasteiger partial charge is 0.0615 e. The Hall–Kier alpha value is 0.210. The molecule has 10 heavy (non-hydrogen) atoms. The molecule has 2 nitrogen and oxygen atoms in total. The Kier molecular flexibility index (Phi) is 6.08. The zero-order valence-electron chi connectivity index (χ0n) is 6.43. The van der Waals surface area contributed by atoms with Gasteiger partial charge < -0.3 is 10.1 Å². The molecule has 1 fully saturated rings. The summed E-state index contributed by atoms with van der Waals surface area (Å²) in [5, 5.41) is 3.40. The van der Waals surface area contributed by atoms with Crippen LogP contribution in [-0.4, -0.2) is 26.3 Å². The number of piperidine rings is 1. The standard InChI is InChI=1S/C7H15NO.ClH/c1-9-6-7-4-2-3-5-8-7;/h7-8H,2-6H2,1H3;1H/t7-;/m0./s1. The average Bonchev–Trinajstić information content (AvgIpc) is 1.91. The lowest BCUT2D eigenvalue weighted by molar-refractivity contribution is 0.154. The third kappa shape index (κ3) is 3.40. The molecule has 0 bridgehead atoms. The highest BCUT2D eigenvalue weighted by atomic mass is 35.5. The van der Waals surface area contributed by atoms with Gasteiger partial charge in [0.05, 0.1) is 6.61 Å². The maximum Gasteiger partial charge on any atom is 0.0615 e. The summed E-state index contributed by atoms with van der Waals surface area (Å²) in [4.78, 5) is 0. The van der Waals surface area contributed by atoms with E-state index in [1.807, 2.05) is 0 Å². The largest absolute Gasteiger partial charge is 0.383 e. The topological polar surface area (TPSA) is 21.3 Å². The number of hydrogen-bond acceptors (Lipinski definition) is 2. The Balaban J connectivity index is 0.000000810. The van der Waals surface area contributed by atoms with Crippen LogP contribution in [0, 0.1) is 0 Å². The molecule has 1 atom stereocenters. The molecular weight excluding hydrogens is 150 g/mol. The lowest BCUT2D eigenvalue weighted by Gasteiger charge is -2.22. The summed E-state index contributed by atoms with van der Waals surface area (Å²) in [5.74, 6) is 0. The minimum atomic E-state index is 0. The van der Waals surface area contributed by atoms with Gasteiger partial charge in [-0.1, -0.05) is 6.42 Å². The van der Waals surface area contributed by atoms with Crippen LogP contribution < -0.4 is 5.32 Å². The zero-order valence-corrected chi connectivity index (χ0v) is 7.25. The molecule has 62 valence electrons. The summed E-state index contributed by atoms with van der Waals surface area (Å²) in [6.07, 6.45) is 3.98. The highest BCUT2D eigenvalue weighted by Crippen LogP contribution is 2.06. The fourth-order valence-corrected chi connectivity index (χ4v) is 1.27. The van der Waals surface area contributed by atoms with E-state index >= 15 is 0 Å². The van der Waals surface area contributed by atoms with Crippen LogP contribution in [0.2, 0.25) is 0 Å². The molecule has 1 saturated heterocycles. The molecule has 0 radical (unpaired) electrons. The Labute approximate surface area is 68.7 Å². The van der Waals surface area contributed by atoms with Crippen LogP contribution in [-0.2, 0) is 4.74 Å². The third-order valence-electron chi connectivity index (χ3n) is 1.78. The van der Waals surface area contributed by atoms with Crippen molar-refractivity contribution in [3.63, 3.8) is 0 Å². The Morgan fingerprint density at radius 2 is 2.30 bits per heavy atom. The van der Waals surface area contributed by atoms with Crippen molar-refractivity contribution in [3.05, 3.63) is 0 Å². The van der Waals surface area contributed by atoms with E-state index in [0.717, 1.165) is 6.61 Å². The first-order chi connectivity index (χ1) is 4.43. The maximum atomic E-state index is 5.02. The molecular formula is C7H16ClNO. The van der Waals surface area contributed by atoms with Gasteiger partial charge in [0, 0.05) is 13.2 Å². The number of methoxy groups -OCH3 is 1. The first kappa shape index (κ1) is 10.2. The van der Waals surface area contributed by atoms with Crippen molar-refractivity contribution in [1.82, 2.24) is 5.32 Å². The van der Waals surface area contributed by atoms with Crippen molar-refractivity contribution in [2.45, 2.75) is 25.3 Å². The fraction of sp³-hybridized carbons (Fsp3) is 1.00. The van der Waals surface area contributed by atoms with Crippen LogP contribution in [0.4, 0.5) is 0 Å². The second-order valence-corrected chi connectivity index (χ2v) is 2.60. The van der Waals surface area contributed by atoms with Crippen LogP contribution in [0.15, 0.2) is 0 Å². The number of hydrogen-bond donors (Lipinski definition) is 1. The highest BCUT2D eigenvalue weighted by Gasteiger charge is 2.10. The Bertz CT molecular complexity index is 71.3. The molecule has 0 aromatic rings. The van der Waals surface area contributed by atoms with Crippen LogP contribution in [0.3, 0.4) is 0 Å². The van der Waals surface area contributed by atoms with Crippen LogP contribution in [0.5, 0.6) is 0 Å². The van der Waals surface area contributed by atoms with Gasteiger partial charge in [0.1, 0.15) is 0 Å². The van der Waals surface area contributed by atoms with Gasteiger partial charge in [-0.2, -0.15) is 0 Å². The Morgan fingerprint density at radius 1 is 1.50 bits per heavy atom. The van der Waals surface area contributed by atoms with Gasteiger partial charge in [-0.05, 0) is 19.4 Å². The van der Waals surface area contributed by atoms with Crippen molar-refractivity contribution in [3.8, 4) is 0 Å². The fourth-order valence-electron chi connectivity index (χ4n) is 1.27. The number of nitrogens with one attached hydrogen (secondary N) is 1. The molecule has 0 unspecified atom stereocenters. The summed E-state index contributed by atoms with van der Waals surface area (Å²) in [5.41, 5.74) is 0. The van der Waals surface area contributed by atoms with Crippen molar-refractivity contribution in [2.75, 3.05) is 20.3 Å². The Morgan fingerprint density at radius 3 is 2.80 bits per heavy atom. The van der Waals surface area contributed by atoms with Gasteiger partial charge in [0.25, 0.3) is 0 Å². The van der Waals surface area contributed by atoms with E-state index in [0.29, 0.717) is 6.04 Å². The first-order valence-electron chi connectivity index (χ1n) is 3.66. The zero-order chi connectivity index (χ0) is 6.53. The van der Waals surface area contributed by atoms with E-state index in [1.165, 1.54) is 25.8 Å². The second kappa shape index (κ2) is 5.96. The van der Waals surface area contributed by atoms with Crippen molar-refractivity contribution < 1.29 is 4.74 Å². The average molecular weight is 166 g/mol. The molecule has 0 aromatic heterocycles. The van der Waals surface area contributed by atoms with Crippen LogP contribution >= 0.6 is 12.4 Å². The molecule has 1 N–H and O–H groups in total. The summed E-state index contributed by atoms with van der Waals surface area (Å²) in [7, 11) is 1.76. The van der Waals surface area contributed by atoms with Crippen molar-refractivity contribution in [2.24, 2.45) is 0 Å². The number of rotatable bonds is 2. The molecule has 0 saturated carbocycles. The predicted octanol–water partition coefficient (Wildman–Crippen LogP) is 1.20.